The van der Waals surface area contributed by atoms with Gasteiger partial charge in [0, 0.05) is 26.1 Å². The Morgan fingerprint density at radius 2 is 1.86 bits per heavy atom. The summed E-state index contributed by atoms with van der Waals surface area (Å²) in [5.41, 5.74) is 0. The third-order valence-corrected chi connectivity index (χ3v) is 4.01. The molecule has 0 radical (unpaired) electrons. The van der Waals surface area contributed by atoms with Gasteiger partial charge in [0.15, 0.2) is 0 Å². The number of fused-ring (bicyclic) bond motifs is 1. The molecule has 2 aromatic carbocycles. The number of aliphatic hydroxyl groups is 1. The van der Waals surface area contributed by atoms with E-state index in [1.54, 1.807) is 0 Å². The van der Waals surface area contributed by atoms with Gasteiger partial charge in [0.25, 0.3) is 0 Å². The Kier molecular flexibility index (Phi) is 5.27. The number of hydrogen-bond acceptors (Lipinski definition) is 4. The fourth-order valence-corrected chi connectivity index (χ4v) is 2.74. The van der Waals surface area contributed by atoms with E-state index in [-0.39, 0.29) is 6.10 Å². The molecule has 1 fully saturated rings. The van der Waals surface area contributed by atoms with Gasteiger partial charge in [-0.2, -0.15) is 0 Å². The van der Waals surface area contributed by atoms with Crippen LogP contribution in [0.15, 0.2) is 42.5 Å². The van der Waals surface area contributed by atoms with Crippen LogP contribution in [0.4, 0.5) is 0 Å². The number of morpholine rings is 1. The van der Waals surface area contributed by atoms with E-state index < -0.39 is 0 Å². The summed E-state index contributed by atoms with van der Waals surface area (Å²) in [6, 6.07) is 14.3. The lowest BCUT2D eigenvalue weighted by Crippen LogP contribution is -2.41. The van der Waals surface area contributed by atoms with Crippen molar-refractivity contribution in [1.82, 2.24) is 4.90 Å². The quantitative estimate of drug-likeness (QED) is 0.889. The number of ether oxygens (including phenoxy) is 2. The molecule has 3 rings (SSSR count). The van der Waals surface area contributed by atoms with Crippen molar-refractivity contribution in [3.05, 3.63) is 42.5 Å². The summed E-state index contributed by atoms with van der Waals surface area (Å²) >= 11 is 0. The number of nitrogens with zero attached hydrogens (tertiary/aromatic N) is 1. The van der Waals surface area contributed by atoms with E-state index in [2.05, 4.69) is 23.1 Å². The molecular formula is C18H23NO3. The number of rotatable bonds is 6. The highest BCUT2D eigenvalue weighted by atomic mass is 16.5. The van der Waals surface area contributed by atoms with E-state index in [9.17, 15) is 5.11 Å². The lowest BCUT2D eigenvalue weighted by atomic mass is 10.1. The van der Waals surface area contributed by atoms with Crippen LogP contribution in [0.3, 0.4) is 0 Å². The topological polar surface area (TPSA) is 41.9 Å². The van der Waals surface area contributed by atoms with Gasteiger partial charge in [-0.3, -0.25) is 4.90 Å². The van der Waals surface area contributed by atoms with Gasteiger partial charge in [-0.1, -0.05) is 30.3 Å². The van der Waals surface area contributed by atoms with E-state index in [0.29, 0.717) is 19.6 Å². The second-order valence-corrected chi connectivity index (χ2v) is 5.71. The van der Waals surface area contributed by atoms with Gasteiger partial charge in [0.1, 0.15) is 5.75 Å². The van der Waals surface area contributed by atoms with Gasteiger partial charge < -0.3 is 14.6 Å². The Balaban J connectivity index is 1.45. The van der Waals surface area contributed by atoms with Crippen LogP contribution in [-0.4, -0.2) is 55.6 Å². The number of benzene rings is 2. The highest BCUT2D eigenvalue weighted by molar-refractivity contribution is 5.83. The van der Waals surface area contributed by atoms with Crippen LogP contribution in [-0.2, 0) is 4.74 Å². The zero-order chi connectivity index (χ0) is 15.2. The molecule has 0 aliphatic carbocycles. The molecule has 118 valence electrons. The maximum Gasteiger partial charge on any atom is 0.119 e. The van der Waals surface area contributed by atoms with Crippen LogP contribution in [0.1, 0.15) is 6.42 Å². The SMILES string of the molecule is OC(CCOc1ccc2ccccc2c1)CN1CCOCC1. The summed E-state index contributed by atoms with van der Waals surface area (Å²) in [6.07, 6.45) is 0.294. The summed E-state index contributed by atoms with van der Waals surface area (Å²) in [5.74, 6) is 0.859. The minimum atomic E-state index is -0.349. The minimum absolute atomic E-state index is 0.349. The third-order valence-electron chi connectivity index (χ3n) is 4.01. The molecule has 0 aromatic heterocycles. The number of β-amino-alcohol motifs (C(OH)–C–C–N with tert-alkyl or cyclic N) is 1. The Bertz CT molecular complexity index is 596. The predicted molar refractivity (Wildman–Crippen MR) is 87.3 cm³/mol. The van der Waals surface area contributed by atoms with E-state index in [4.69, 9.17) is 9.47 Å². The lowest BCUT2D eigenvalue weighted by Gasteiger charge is -2.28. The molecule has 0 amide bonds. The van der Waals surface area contributed by atoms with Crippen molar-refractivity contribution in [3.8, 4) is 5.75 Å². The average Bonchev–Trinajstić information content (AvgIpc) is 2.55. The first-order chi connectivity index (χ1) is 10.8. The van der Waals surface area contributed by atoms with Crippen molar-refractivity contribution in [2.24, 2.45) is 0 Å². The summed E-state index contributed by atoms with van der Waals surface area (Å²) in [7, 11) is 0. The lowest BCUT2D eigenvalue weighted by molar-refractivity contribution is 0.0108. The Hall–Kier alpha value is -1.62. The van der Waals surface area contributed by atoms with E-state index in [1.807, 2.05) is 24.3 Å². The standard InChI is InChI=1S/C18H23NO3/c20-17(14-19-8-11-21-12-9-19)7-10-22-18-6-5-15-3-1-2-4-16(15)13-18/h1-6,13,17,20H,7-12,14H2. The van der Waals surface area contributed by atoms with E-state index in [1.165, 1.54) is 10.8 Å². The van der Waals surface area contributed by atoms with Crippen LogP contribution in [0.2, 0.25) is 0 Å². The van der Waals surface area contributed by atoms with Crippen molar-refractivity contribution in [3.63, 3.8) is 0 Å². The number of aliphatic hydroxyl groups excluding tert-OH is 1. The molecule has 4 nitrogen and oxygen atoms in total. The summed E-state index contributed by atoms with van der Waals surface area (Å²) in [5, 5.41) is 12.5. The highest BCUT2D eigenvalue weighted by Crippen LogP contribution is 2.20. The molecule has 0 spiro atoms. The van der Waals surface area contributed by atoms with E-state index in [0.717, 1.165) is 32.1 Å². The van der Waals surface area contributed by atoms with Gasteiger partial charge in [0.2, 0.25) is 0 Å². The zero-order valence-corrected chi connectivity index (χ0v) is 12.8. The first kappa shape index (κ1) is 15.3. The second-order valence-electron chi connectivity index (χ2n) is 5.71. The highest BCUT2D eigenvalue weighted by Gasteiger charge is 2.14. The van der Waals surface area contributed by atoms with Gasteiger partial charge in [-0.15, -0.1) is 0 Å². The first-order valence-electron chi connectivity index (χ1n) is 7.91. The smallest absolute Gasteiger partial charge is 0.119 e. The largest absolute Gasteiger partial charge is 0.493 e. The molecule has 0 bridgehead atoms. The first-order valence-corrected chi connectivity index (χ1v) is 7.91. The molecule has 22 heavy (non-hydrogen) atoms. The van der Waals surface area contributed by atoms with Crippen LogP contribution in [0.5, 0.6) is 5.75 Å². The molecule has 1 unspecified atom stereocenters. The number of hydrogen-bond donors (Lipinski definition) is 1. The van der Waals surface area contributed by atoms with Crippen molar-refractivity contribution >= 4 is 10.8 Å². The molecule has 1 aliphatic heterocycles. The molecule has 4 heteroatoms. The Labute approximate surface area is 131 Å². The fourth-order valence-electron chi connectivity index (χ4n) is 2.74. The fraction of sp³-hybridized carbons (Fsp3) is 0.444. The van der Waals surface area contributed by atoms with Gasteiger partial charge in [0.05, 0.1) is 25.9 Å². The second kappa shape index (κ2) is 7.58. The monoisotopic (exact) mass is 301 g/mol. The molecule has 2 aromatic rings. The maximum atomic E-state index is 10.1. The van der Waals surface area contributed by atoms with Crippen LogP contribution < -0.4 is 4.74 Å². The van der Waals surface area contributed by atoms with Crippen molar-refractivity contribution < 1.29 is 14.6 Å². The Morgan fingerprint density at radius 3 is 2.68 bits per heavy atom. The maximum absolute atomic E-state index is 10.1. The summed E-state index contributed by atoms with van der Waals surface area (Å²) < 4.78 is 11.1. The summed E-state index contributed by atoms with van der Waals surface area (Å²) in [4.78, 5) is 2.24. The van der Waals surface area contributed by atoms with Gasteiger partial charge in [-0.25, -0.2) is 0 Å². The van der Waals surface area contributed by atoms with Crippen LogP contribution >= 0.6 is 0 Å². The zero-order valence-electron chi connectivity index (χ0n) is 12.8. The average molecular weight is 301 g/mol. The molecule has 0 saturated carbocycles. The van der Waals surface area contributed by atoms with Gasteiger partial charge in [-0.05, 0) is 22.9 Å². The molecule has 1 atom stereocenters. The van der Waals surface area contributed by atoms with Gasteiger partial charge >= 0.3 is 0 Å². The van der Waals surface area contributed by atoms with Crippen LogP contribution in [0, 0.1) is 0 Å². The predicted octanol–water partition coefficient (Wildman–Crippen LogP) is 2.30. The van der Waals surface area contributed by atoms with Crippen molar-refractivity contribution in [2.75, 3.05) is 39.5 Å². The third kappa shape index (κ3) is 4.19. The minimum Gasteiger partial charge on any atom is -0.493 e. The Morgan fingerprint density at radius 1 is 1.09 bits per heavy atom. The molecule has 1 saturated heterocycles. The normalized spacial score (nSPS) is 17.5. The van der Waals surface area contributed by atoms with Crippen molar-refractivity contribution in [2.45, 2.75) is 12.5 Å². The molecule has 1 aliphatic rings. The summed E-state index contributed by atoms with van der Waals surface area (Å²) in [6.45, 7) is 4.57. The molecular weight excluding hydrogens is 278 g/mol. The van der Waals surface area contributed by atoms with E-state index >= 15 is 0 Å². The van der Waals surface area contributed by atoms with Crippen molar-refractivity contribution in [1.29, 1.82) is 0 Å². The van der Waals surface area contributed by atoms with Crippen LogP contribution in [0.25, 0.3) is 10.8 Å². The molecule has 1 N–H and O–H groups in total. The molecule has 1 heterocycles.